The molecule has 0 saturated heterocycles. The van der Waals surface area contributed by atoms with E-state index in [2.05, 4.69) is 26.0 Å². The molecule has 0 amide bonds. The van der Waals surface area contributed by atoms with Crippen molar-refractivity contribution >= 4 is 39.1 Å². The summed E-state index contributed by atoms with van der Waals surface area (Å²) in [5, 5.41) is 4.65. The highest BCUT2D eigenvalue weighted by atomic mass is 79.9. The Hall–Kier alpha value is -1.14. The first-order chi connectivity index (χ1) is 10.1. The molecular formula is C14H15BrClN3O2. The first kappa shape index (κ1) is 14.8. The van der Waals surface area contributed by atoms with Gasteiger partial charge in [-0.15, -0.1) is 0 Å². The minimum absolute atomic E-state index is 0.0514. The van der Waals surface area contributed by atoms with Crippen LogP contribution < -0.4 is 0 Å². The van der Waals surface area contributed by atoms with Gasteiger partial charge < -0.3 is 4.74 Å². The van der Waals surface area contributed by atoms with E-state index in [1.807, 2.05) is 0 Å². The van der Waals surface area contributed by atoms with Gasteiger partial charge in [-0.2, -0.15) is 5.10 Å². The van der Waals surface area contributed by atoms with Crippen LogP contribution in [0.25, 0.3) is 5.65 Å². The summed E-state index contributed by atoms with van der Waals surface area (Å²) in [6.07, 6.45) is 5.55. The summed E-state index contributed by atoms with van der Waals surface area (Å²) < 4.78 is 7.30. The molecule has 112 valence electrons. The molecule has 7 heteroatoms. The molecule has 2 unspecified atom stereocenters. The van der Waals surface area contributed by atoms with E-state index < -0.39 is 0 Å². The summed E-state index contributed by atoms with van der Waals surface area (Å²) in [5.74, 6) is -0.253. The van der Waals surface area contributed by atoms with Crippen LogP contribution in [-0.2, 0) is 9.53 Å². The number of hydrogen-bond acceptors (Lipinski definition) is 4. The molecule has 2 heterocycles. The smallest absolute Gasteiger partial charge is 0.309 e. The lowest BCUT2D eigenvalue weighted by Crippen LogP contribution is -2.27. The predicted octanol–water partition coefficient (Wildman–Crippen LogP) is 3.59. The van der Waals surface area contributed by atoms with Crippen molar-refractivity contribution in [2.24, 2.45) is 5.92 Å². The highest BCUT2D eigenvalue weighted by Gasteiger charge is 2.34. The van der Waals surface area contributed by atoms with Crippen molar-refractivity contribution in [2.75, 3.05) is 7.11 Å². The van der Waals surface area contributed by atoms with E-state index in [4.69, 9.17) is 16.3 Å². The van der Waals surface area contributed by atoms with Gasteiger partial charge in [0.2, 0.25) is 0 Å². The molecule has 21 heavy (non-hydrogen) atoms. The summed E-state index contributed by atoms with van der Waals surface area (Å²) in [5.41, 5.74) is 1.51. The van der Waals surface area contributed by atoms with Gasteiger partial charge in [0.1, 0.15) is 5.15 Å². The first-order valence-electron chi connectivity index (χ1n) is 6.89. The summed E-state index contributed by atoms with van der Waals surface area (Å²) in [6, 6.07) is 1.81. The van der Waals surface area contributed by atoms with Gasteiger partial charge in [0.25, 0.3) is 0 Å². The van der Waals surface area contributed by atoms with Crippen molar-refractivity contribution in [3.63, 3.8) is 0 Å². The number of aromatic nitrogens is 3. The number of fused-ring (bicyclic) bond motifs is 1. The lowest BCUT2D eigenvalue weighted by atomic mass is 9.77. The number of rotatable bonds is 2. The van der Waals surface area contributed by atoms with E-state index in [1.54, 1.807) is 16.8 Å². The highest BCUT2D eigenvalue weighted by Crippen LogP contribution is 2.38. The zero-order chi connectivity index (χ0) is 15.0. The van der Waals surface area contributed by atoms with Crippen LogP contribution in [0.3, 0.4) is 0 Å². The second-order valence-electron chi connectivity index (χ2n) is 5.25. The van der Waals surface area contributed by atoms with Crippen molar-refractivity contribution in [1.82, 2.24) is 14.6 Å². The SMILES string of the molecule is COC(=O)C1CCCCC1c1cc(Cl)n2ncc(Br)c2n1. The van der Waals surface area contributed by atoms with Gasteiger partial charge in [-0.05, 0) is 34.8 Å². The van der Waals surface area contributed by atoms with E-state index in [1.165, 1.54) is 7.11 Å². The van der Waals surface area contributed by atoms with Gasteiger partial charge in [-0.25, -0.2) is 9.50 Å². The maximum Gasteiger partial charge on any atom is 0.309 e. The number of methoxy groups -OCH3 is 1. The molecular weight excluding hydrogens is 358 g/mol. The van der Waals surface area contributed by atoms with Gasteiger partial charge >= 0.3 is 5.97 Å². The number of ether oxygens (including phenoxy) is 1. The number of carbonyl (C=O) groups is 1. The van der Waals surface area contributed by atoms with Crippen LogP contribution in [0.1, 0.15) is 37.3 Å². The predicted molar refractivity (Wildman–Crippen MR) is 82.4 cm³/mol. The Kier molecular flexibility index (Phi) is 4.17. The molecule has 0 radical (unpaired) electrons. The molecule has 2 aromatic rings. The van der Waals surface area contributed by atoms with Crippen molar-refractivity contribution in [2.45, 2.75) is 31.6 Å². The summed E-state index contributed by atoms with van der Waals surface area (Å²) in [7, 11) is 1.44. The Morgan fingerprint density at radius 2 is 2.24 bits per heavy atom. The second-order valence-corrected chi connectivity index (χ2v) is 6.49. The Morgan fingerprint density at radius 1 is 1.48 bits per heavy atom. The topological polar surface area (TPSA) is 56.5 Å². The molecule has 1 aliphatic carbocycles. The fourth-order valence-corrected chi connectivity index (χ4v) is 3.61. The maximum atomic E-state index is 12.0. The largest absolute Gasteiger partial charge is 0.469 e. The van der Waals surface area contributed by atoms with Crippen LogP contribution in [0, 0.1) is 5.92 Å². The second kappa shape index (κ2) is 5.93. The van der Waals surface area contributed by atoms with Gasteiger partial charge in [0, 0.05) is 11.6 Å². The van der Waals surface area contributed by atoms with Gasteiger partial charge in [0.15, 0.2) is 5.65 Å². The van der Waals surface area contributed by atoms with Crippen LogP contribution in [0.4, 0.5) is 0 Å². The molecule has 2 aromatic heterocycles. The van der Waals surface area contributed by atoms with Crippen LogP contribution in [0.2, 0.25) is 5.15 Å². The zero-order valence-corrected chi connectivity index (χ0v) is 13.9. The highest BCUT2D eigenvalue weighted by molar-refractivity contribution is 9.10. The lowest BCUT2D eigenvalue weighted by Gasteiger charge is -2.29. The van der Waals surface area contributed by atoms with E-state index in [0.717, 1.165) is 35.8 Å². The van der Waals surface area contributed by atoms with E-state index in [-0.39, 0.29) is 17.8 Å². The molecule has 5 nitrogen and oxygen atoms in total. The third-order valence-electron chi connectivity index (χ3n) is 4.05. The lowest BCUT2D eigenvalue weighted by molar-refractivity contribution is -0.147. The fourth-order valence-electron chi connectivity index (χ4n) is 3.03. The van der Waals surface area contributed by atoms with E-state index >= 15 is 0 Å². The molecule has 0 bridgehead atoms. The molecule has 3 rings (SSSR count). The molecule has 0 aromatic carbocycles. The third kappa shape index (κ3) is 2.66. The monoisotopic (exact) mass is 371 g/mol. The maximum absolute atomic E-state index is 12.0. The van der Waals surface area contributed by atoms with E-state index in [0.29, 0.717) is 10.8 Å². The fraction of sp³-hybridized carbons (Fsp3) is 0.500. The molecule has 2 atom stereocenters. The van der Waals surface area contributed by atoms with Crippen molar-refractivity contribution in [3.05, 3.63) is 27.6 Å². The average molecular weight is 373 g/mol. The number of carbonyl (C=O) groups excluding carboxylic acids is 1. The van der Waals surface area contributed by atoms with Crippen LogP contribution in [-0.4, -0.2) is 27.7 Å². The Bertz CT molecular complexity index is 688. The molecule has 1 fully saturated rings. The minimum Gasteiger partial charge on any atom is -0.469 e. The minimum atomic E-state index is -0.162. The van der Waals surface area contributed by atoms with Crippen LogP contribution >= 0.6 is 27.5 Å². The first-order valence-corrected chi connectivity index (χ1v) is 8.06. The number of esters is 1. The van der Waals surface area contributed by atoms with Gasteiger partial charge in [-0.3, -0.25) is 4.79 Å². The van der Waals surface area contributed by atoms with Crippen molar-refractivity contribution in [1.29, 1.82) is 0 Å². The van der Waals surface area contributed by atoms with Crippen molar-refractivity contribution in [3.8, 4) is 0 Å². The van der Waals surface area contributed by atoms with Crippen LogP contribution in [0.5, 0.6) is 0 Å². The summed E-state index contributed by atoms with van der Waals surface area (Å²) in [4.78, 5) is 16.7. The van der Waals surface area contributed by atoms with Crippen LogP contribution in [0.15, 0.2) is 16.7 Å². The average Bonchev–Trinajstić information content (AvgIpc) is 2.88. The molecule has 0 N–H and O–H groups in total. The summed E-state index contributed by atoms with van der Waals surface area (Å²) >= 11 is 9.70. The van der Waals surface area contributed by atoms with Crippen molar-refractivity contribution < 1.29 is 9.53 Å². The molecule has 0 spiro atoms. The number of hydrogen-bond donors (Lipinski definition) is 0. The van der Waals surface area contributed by atoms with Gasteiger partial charge in [-0.1, -0.05) is 24.4 Å². The Balaban J connectivity index is 2.05. The van der Waals surface area contributed by atoms with E-state index in [9.17, 15) is 4.79 Å². The Labute approximate surface area is 135 Å². The Morgan fingerprint density at radius 3 is 3.00 bits per heavy atom. The zero-order valence-electron chi connectivity index (χ0n) is 11.6. The number of nitrogens with zero attached hydrogens (tertiary/aromatic N) is 3. The quantitative estimate of drug-likeness (QED) is 0.597. The molecule has 0 aliphatic heterocycles. The normalized spacial score (nSPS) is 22.4. The number of halogens is 2. The van der Waals surface area contributed by atoms with Gasteiger partial charge in [0.05, 0.1) is 23.7 Å². The summed E-state index contributed by atoms with van der Waals surface area (Å²) in [6.45, 7) is 0. The molecule has 1 aliphatic rings. The molecule has 1 saturated carbocycles. The third-order valence-corrected chi connectivity index (χ3v) is 4.88. The standard InChI is InChI=1S/C14H15BrClN3O2/c1-21-14(20)9-5-3-2-4-8(9)11-6-12(16)19-13(18-11)10(15)7-17-19/h6-9H,2-5H2,1H3.